The van der Waals surface area contributed by atoms with Crippen LogP contribution in [0.3, 0.4) is 0 Å². The van der Waals surface area contributed by atoms with Gasteiger partial charge in [-0.2, -0.15) is 11.8 Å². The van der Waals surface area contributed by atoms with Gasteiger partial charge in [0.15, 0.2) is 0 Å². The first-order valence-electron chi connectivity index (χ1n) is 7.23. The molecular formula is C16H26FNOS. The highest BCUT2D eigenvalue weighted by atomic mass is 32.2. The Balaban J connectivity index is 2.75. The Morgan fingerprint density at radius 1 is 1.30 bits per heavy atom. The highest BCUT2D eigenvalue weighted by Crippen LogP contribution is 2.25. The van der Waals surface area contributed by atoms with Crippen molar-refractivity contribution in [2.45, 2.75) is 33.2 Å². The Morgan fingerprint density at radius 2 is 2.05 bits per heavy atom. The van der Waals surface area contributed by atoms with Gasteiger partial charge in [0, 0.05) is 23.4 Å². The Kier molecular flexibility index (Phi) is 8.00. The fraction of sp³-hybridized carbons (Fsp3) is 0.625. The number of halogens is 1. The van der Waals surface area contributed by atoms with Gasteiger partial charge in [0.05, 0.1) is 7.11 Å². The molecule has 0 saturated heterocycles. The molecule has 0 aliphatic carbocycles. The van der Waals surface area contributed by atoms with Gasteiger partial charge in [0.1, 0.15) is 11.6 Å². The van der Waals surface area contributed by atoms with E-state index in [4.69, 9.17) is 4.74 Å². The van der Waals surface area contributed by atoms with E-state index < -0.39 is 0 Å². The van der Waals surface area contributed by atoms with Gasteiger partial charge in [0.2, 0.25) is 0 Å². The summed E-state index contributed by atoms with van der Waals surface area (Å²) in [6, 6.07) is 5.18. The number of benzene rings is 1. The van der Waals surface area contributed by atoms with Crippen LogP contribution in [0.15, 0.2) is 18.2 Å². The van der Waals surface area contributed by atoms with Crippen molar-refractivity contribution >= 4 is 11.8 Å². The minimum absolute atomic E-state index is 0.0598. The number of methoxy groups -OCH3 is 1. The van der Waals surface area contributed by atoms with Gasteiger partial charge < -0.3 is 10.1 Å². The van der Waals surface area contributed by atoms with Gasteiger partial charge >= 0.3 is 0 Å². The van der Waals surface area contributed by atoms with E-state index >= 15 is 0 Å². The first-order valence-corrected chi connectivity index (χ1v) is 8.38. The molecule has 1 aromatic rings. The number of thioether (sulfide) groups is 1. The van der Waals surface area contributed by atoms with Gasteiger partial charge in [0.25, 0.3) is 0 Å². The fourth-order valence-electron chi connectivity index (χ4n) is 1.92. The van der Waals surface area contributed by atoms with Crippen LogP contribution in [-0.4, -0.2) is 25.2 Å². The monoisotopic (exact) mass is 299 g/mol. The molecule has 0 fully saturated rings. The lowest BCUT2D eigenvalue weighted by Gasteiger charge is -2.20. The van der Waals surface area contributed by atoms with Gasteiger partial charge in [-0.3, -0.25) is 0 Å². The van der Waals surface area contributed by atoms with E-state index in [1.54, 1.807) is 7.11 Å². The summed E-state index contributed by atoms with van der Waals surface area (Å²) in [6.07, 6.45) is 1.04. The molecule has 0 aliphatic heterocycles. The number of hydrogen-bond donors (Lipinski definition) is 1. The van der Waals surface area contributed by atoms with Crippen molar-refractivity contribution in [2.75, 3.05) is 25.2 Å². The average molecular weight is 299 g/mol. The highest BCUT2D eigenvalue weighted by molar-refractivity contribution is 7.99. The van der Waals surface area contributed by atoms with Gasteiger partial charge in [-0.25, -0.2) is 4.39 Å². The fourth-order valence-corrected chi connectivity index (χ4v) is 3.06. The number of rotatable bonds is 9. The molecule has 0 aromatic heterocycles. The van der Waals surface area contributed by atoms with E-state index in [9.17, 15) is 4.39 Å². The summed E-state index contributed by atoms with van der Waals surface area (Å²) in [6.45, 7) is 7.43. The van der Waals surface area contributed by atoms with Crippen LogP contribution >= 0.6 is 11.8 Å². The molecule has 0 radical (unpaired) electrons. The number of ether oxygens (including phenoxy) is 1. The van der Waals surface area contributed by atoms with Crippen molar-refractivity contribution < 1.29 is 9.13 Å². The quantitative estimate of drug-likeness (QED) is 0.736. The van der Waals surface area contributed by atoms with Crippen LogP contribution in [0.2, 0.25) is 0 Å². The molecule has 20 heavy (non-hydrogen) atoms. The Labute approximate surface area is 126 Å². The van der Waals surface area contributed by atoms with Crippen molar-refractivity contribution in [1.29, 1.82) is 0 Å². The molecule has 0 saturated carbocycles. The van der Waals surface area contributed by atoms with Crippen molar-refractivity contribution in [3.05, 3.63) is 29.6 Å². The van der Waals surface area contributed by atoms with Crippen molar-refractivity contribution in [3.63, 3.8) is 0 Å². The van der Waals surface area contributed by atoms with Crippen LogP contribution in [0, 0.1) is 11.7 Å². The van der Waals surface area contributed by atoms with Crippen molar-refractivity contribution in [1.82, 2.24) is 5.32 Å². The van der Waals surface area contributed by atoms with Gasteiger partial charge in [-0.05, 0) is 30.7 Å². The van der Waals surface area contributed by atoms with Crippen molar-refractivity contribution in [3.8, 4) is 5.75 Å². The first-order chi connectivity index (χ1) is 9.58. The Hall–Kier alpha value is -0.740. The van der Waals surface area contributed by atoms with Crippen LogP contribution in [0.1, 0.15) is 38.8 Å². The lowest BCUT2D eigenvalue weighted by molar-refractivity contribution is 0.409. The van der Waals surface area contributed by atoms with E-state index in [-0.39, 0.29) is 11.9 Å². The van der Waals surface area contributed by atoms with Crippen LogP contribution in [0.5, 0.6) is 5.75 Å². The summed E-state index contributed by atoms with van der Waals surface area (Å²) < 4.78 is 19.2. The molecule has 0 spiro atoms. The van der Waals surface area contributed by atoms with Gasteiger partial charge in [-0.15, -0.1) is 0 Å². The molecule has 1 aromatic carbocycles. The van der Waals surface area contributed by atoms with Gasteiger partial charge in [-0.1, -0.05) is 26.8 Å². The van der Waals surface area contributed by atoms with Crippen LogP contribution in [0.4, 0.5) is 4.39 Å². The Bertz CT molecular complexity index is 398. The van der Waals surface area contributed by atoms with E-state index in [1.165, 1.54) is 6.07 Å². The molecule has 0 amide bonds. The molecule has 114 valence electrons. The summed E-state index contributed by atoms with van der Waals surface area (Å²) in [5.41, 5.74) is 0.732. The maximum Gasteiger partial charge on any atom is 0.131 e. The zero-order chi connectivity index (χ0) is 15.0. The normalized spacial score (nSPS) is 12.7. The lowest BCUT2D eigenvalue weighted by Crippen LogP contribution is -2.25. The minimum Gasteiger partial charge on any atom is -0.497 e. The lowest BCUT2D eigenvalue weighted by atomic mass is 10.1. The first kappa shape index (κ1) is 17.3. The molecule has 1 atom stereocenters. The maximum atomic E-state index is 14.2. The Morgan fingerprint density at radius 3 is 2.60 bits per heavy atom. The molecule has 4 heteroatoms. The molecule has 0 heterocycles. The van der Waals surface area contributed by atoms with Crippen LogP contribution < -0.4 is 10.1 Å². The summed E-state index contributed by atoms with van der Waals surface area (Å²) in [5, 5.41) is 3.44. The SMILES string of the molecule is CCCNC(CSCC(C)C)c1ccc(OC)cc1F. The van der Waals surface area contributed by atoms with E-state index in [0.717, 1.165) is 30.0 Å². The van der Waals surface area contributed by atoms with E-state index in [2.05, 4.69) is 26.1 Å². The predicted octanol–water partition coefficient (Wildman–Crippen LogP) is 4.26. The molecule has 2 nitrogen and oxygen atoms in total. The second-order valence-corrected chi connectivity index (χ2v) is 6.40. The molecule has 0 aliphatic rings. The zero-order valence-electron chi connectivity index (χ0n) is 12.9. The predicted molar refractivity (Wildman–Crippen MR) is 86.1 cm³/mol. The second-order valence-electron chi connectivity index (χ2n) is 5.33. The molecule has 0 bridgehead atoms. The third-order valence-electron chi connectivity index (χ3n) is 2.96. The topological polar surface area (TPSA) is 21.3 Å². The van der Waals surface area contributed by atoms with Crippen molar-refractivity contribution in [2.24, 2.45) is 5.92 Å². The van der Waals surface area contributed by atoms with Crippen LogP contribution in [0.25, 0.3) is 0 Å². The molecule has 1 unspecified atom stereocenters. The largest absolute Gasteiger partial charge is 0.497 e. The molecular weight excluding hydrogens is 273 g/mol. The third kappa shape index (κ3) is 5.71. The van der Waals surface area contributed by atoms with E-state index in [1.807, 2.05) is 23.9 Å². The smallest absolute Gasteiger partial charge is 0.131 e. The highest BCUT2D eigenvalue weighted by Gasteiger charge is 2.16. The van der Waals surface area contributed by atoms with Crippen LogP contribution in [-0.2, 0) is 0 Å². The number of hydrogen-bond acceptors (Lipinski definition) is 3. The third-order valence-corrected chi connectivity index (χ3v) is 4.43. The van der Waals surface area contributed by atoms with E-state index in [0.29, 0.717) is 11.7 Å². The molecule has 1 N–H and O–H groups in total. The summed E-state index contributed by atoms with van der Waals surface area (Å²) >= 11 is 1.87. The zero-order valence-corrected chi connectivity index (χ0v) is 13.7. The maximum absolute atomic E-state index is 14.2. The average Bonchev–Trinajstić information content (AvgIpc) is 2.42. The number of nitrogens with one attached hydrogen (secondary N) is 1. The molecule has 1 rings (SSSR count). The minimum atomic E-state index is -0.192. The summed E-state index contributed by atoms with van der Waals surface area (Å²) in [7, 11) is 1.56. The summed E-state index contributed by atoms with van der Waals surface area (Å²) in [4.78, 5) is 0. The second kappa shape index (κ2) is 9.24. The standard InChI is InChI=1S/C16H26FNOS/c1-5-8-18-16(11-20-10-12(2)3)14-7-6-13(19-4)9-15(14)17/h6-7,9,12,16,18H,5,8,10-11H2,1-4H3. The summed E-state index contributed by atoms with van der Waals surface area (Å²) in [5.74, 6) is 3.02.